The first-order valence-corrected chi connectivity index (χ1v) is 8.40. The van der Waals surface area contributed by atoms with Crippen molar-refractivity contribution in [2.75, 3.05) is 6.61 Å². The number of hydrogen-bond donors (Lipinski definition) is 0. The number of hydrogen-bond acceptors (Lipinski definition) is 1. The summed E-state index contributed by atoms with van der Waals surface area (Å²) in [4.78, 5) is 0. The Hall–Kier alpha value is -0.0400. The fraction of sp³-hybridized carbons (Fsp3) is 1.00. The zero-order valence-electron chi connectivity index (χ0n) is 14.4. The first-order chi connectivity index (χ1) is 8.78. The van der Waals surface area contributed by atoms with Crippen LogP contribution >= 0.6 is 0 Å². The van der Waals surface area contributed by atoms with E-state index in [1.54, 1.807) is 0 Å². The second kappa shape index (κ2) is 6.61. The highest BCUT2D eigenvalue weighted by molar-refractivity contribution is 4.93. The van der Waals surface area contributed by atoms with E-state index in [2.05, 4.69) is 48.5 Å². The molecule has 0 aromatic carbocycles. The van der Waals surface area contributed by atoms with Crippen LogP contribution in [0.15, 0.2) is 0 Å². The second-order valence-corrected chi connectivity index (χ2v) is 7.79. The normalized spacial score (nSPS) is 29.5. The minimum atomic E-state index is 0.405. The van der Waals surface area contributed by atoms with Gasteiger partial charge in [0.2, 0.25) is 0 Å². The van der Waals surface area contributed by atoms with Crippen LogP contribution in [0.4, 0.5) is 0 Å². The standard InChI is InChI=1S/C18H36O/c1-8-17(4,5)14-11-12-16(19-10-3)15(13-14)18(6,7)9-2/h14-16H,8-13H2,1-7H3. The molecule has 1 aliphatic rings. The third-order valence-electron chi connectivity index (χ3n) is 6.10. The first-order valence-electron chi connectivity index (χ1n) is 8.40. The highest BCUT2D eigenvalue weighted by Crippen LogP contribution is 2.49. The van der Waals surface area contributed by atoms with E-state index in [4.69, 9.17) is 4.74 Å². The van der Waals surface area contributed by atoms with Crippen molar-refractivity contribution >= 4 is 0 Å². The van der Waals surface area contributed by atoms with Crippen molar-refractivity contribution in [3.8, 4) is 0 Å². The van der Waals surface area contributed by atoms with Crippen molar-refractivity contribution in [3.05, 3.63) is 0 Å². The molecule has 1 fully saturated rings. The largest absolute Gasteiger partial charge is 0.378 e. The Morgan fingerprint density at radius 1 is 0.895 bits per heavy atom. The van der Waals surface area contributed by atoms with E-state index in [0.717, 1.165) is 18.4 Å². The lowest BCUT2D eigenvalue weighted by atomic mass is 9.60. The molecule has 3 unspecified atom stereocenters. The molecule has 0 heterocycles. The van der Waals surface area contributed by atoms with Crippen LogP contribution in [-0.4, -0.2) is 12.7 Å². The molecule has 1 saturated carbocycles. The second-order valence-electron chi connectivity index (χ2n) is 7.79. The lowest BCUT2D eigenvalue weighted by molar-refractivity contribution is -0.0763. The Kier molecular flexibility index (Phi) is 5.92. The van der Waals surface area contributed by atoms with Gasteiger partial charge in [0.15, 0.2) is 0 Å². The zero-order valence-corrected chi connectivity index (χ0v) is 14.4. The van der Waals surface area contributed by atoms with Crippen molar-refractivity contribution in [2.45, 2.75) is 86.7 Å². The summed E-state index contributed by atoms with van der Waals surface area (Å²) in [6, 6.07) is 0. The molecule has 0 saturated heterocycles. The van der Waals surface area contributed by atoms with E-state index in [1.165, 1.54) is 32.1 Å². The predicted molar refractivity (Wildman–Crippen MR) is 84.4 cm³/mol. The monoisotopic (exact) mass is 268 g/mol. The van der Waals surface area contributed by atoms with Gasteiger partial charge in [-0.25, -0.2) is 0 Å². The maximum Gasteiger partial charge on any atom is 0.0608 e. The molecule has 1 aliphatic carbocycles. The zero-order chi connectivity index (χ0) is 14.7. The molecule has 0 spiro atoms. The molecule has 0 aliphatic heterocycles. The van der Waals surface area contributed by atoms with Gasteiger partial charge in [-0.15, -0.1) is 0 Å². The van der Waals surface area contributed by atoms with Gasteiger partial charge >= 0.3 is 0 Å². The third kappa shape index (κ3) is 3.97. The molecular weight excluding hydrogens is 232 g/mol. The Balaban J connectivity index is 2.85. The molecule has 0 aromatic heterocycles. The van der Waals surface area contributed by atoms with Crippen LogP contribution in [0.2, 0.25) is 0 Å². The van der Waals surface area contributed by atoms with Crippen LogP contribution in [0.1, 0.15) is 80.6 Å². The minimum Gasteiger partial charge on any atom is -0.378 e. The lowest BCUT2D eigenvalue weighted by Crippen LogP contribution is -2.43. The highest BCUT2D eigenvalue weighted by Gasteiger charge is 2.43. The fourth-order valence-electron chi connectivity index (χ4n) is 3.64. The average molecular weight is 268 g/mol. The predicted octanol–water partition coefficient (Wildman–Crippen LogP) is 5.68. The third-order valence-corrected chi connectivity index (χ3v) is 6.10. The van der Waals surface area contributed by atoms with E-state index in [-0.39, 0.29) is 0 Å². The highest BCUT2D eigenvalue weighted by atomic mass is 16.5. The van der Waals surface area contributed by atoms with Crippen LogP contribution in [0, 0.1) is 22.7 Å². The lowest BCUT2D eigenvalue weighted by Gasteiger charge is -2.48. The topological polar surface area (TPSA) is 9.23 Å². The van der Waals surface area contributed by atoms with E-state index < -0.39 is 0 Å². The molecule has 1 nitrogen and oxygen atoms in total. The van der Waals surface area contributed by atoms with Crippen molar-refractivity contribution in [1.29, 1.82) is 0 Å². The van der Waals surface area contributed by atoms with Gasteiger partial charge in [-0.3, -0.25) is 0 Å². The molecule has 0 amide bonds. The van der Waals surface area contributed by atoms with Gasteiger partial charge in [0.1, 0.15) is 0 Å². The SMILES string of the molecule is CCOC1CCC(C(C)(C)CC)CC1C(C)(C)CC. The van der Waals surface area contributed by atoms with Gasteiger partial charge in [0.25, 0.3) is 0 Å². The minimum absolute atomic E-state index is 0.405. The number of ether oxygens (including phenoxy) is 1. The van der Waals surface area contributed by atoms with E-state index in [0.29, 0.717) is 16.9 Å². The molecule has 19 heavy (non-hydrogen) atoms. The molecule has 0 radical (unpaired) electrons. The molecule has 0 bridgehead atoms. The molecule has 1 heteroatoms. The maximum absolute atomic E-state index is 6.08. The van der Waals surface area contributed by atoms with Crippen LogP contribution < -0.4 is 0 Å². The Morgan fingerprint density at radius 3 is 1.95 bits per heavy atom. The Morgan fingerprint density at radius 2 is 1.47 bits per heavy atom. The molecular formula is C18H36O. The van der Waals surface area contributed by atoms with Crippen LogP contribution in [-0.2, 0) is 4.74 Å². The van der Waals surface area contributed by atoms with Crippen molar-refractivity contribution in [1.82, 2.24) is 0 Å². The van der Waals surface area contributed by atoms with Gasteiger partial charge < -0.3 is 4.74 Å². The summed E-state index contributed by atoms with van der Waals surface area (Å²) in [5.74, 6) is 1.59. The maximum atomic E-state index is 6.08. The summed E-state index contributed by atoms with van der Waals surface area (Å²) in [7, 11) is 0. The van der Waals surface area contributed by atoms with Gasteiger partial charge in [-0.1, -0.05) is 54.4 Å². The summed E-state index contributed by atoms with van der Waals surface area (Å²) in [5, 5.41) is 0. The van der Waals surface area contributed by atoms with Crippen LogP contribution in [0.3, 0.4) is 0 Å². The van der Waals surface area contributed by atoms with E-state index >= 15 is 0 Å². The average Bonchev–Trinajstić information content (AvgIpc) is 2.39. The smallest absolute Gasteiger partial charge is 0.0608 e. The van der Waals surface area contributed by atoms with E-state index in [1.807, 2.05) is 0 Å². The van der Waals surface area contributed by atoms with Gasteiger partial charge in [0.05, 0.1) is 6.10 Å². The van der Waals surface area contributed by atoms with Gasteiger partial charge in [-0.2, -0.15) is 0 Å². The van der Waals surface area contributed by atoms with Crippen molar-refractivity contribution < 1.29 is 4.74 Å². The van der Waals surface area contributed by atoms with Gasteiger partial charge in [0, 0.05) is 6.61 Å². The summed E-state index contributed by atoms with van der Waals surface area (Å²) >= 11 is 0. The quantitative estimate of drug-likeness (QED) is 0.602. The van der Waals surface area contributed by atoms with Crippen molar-refractivity contribution in [2.24, 2.45) is 22.7 Å². The fourth-order valence-corrected chi connectivity index (χ4v) is 3.64. The molecule has 114 valence electrons. The van der Waals surface area contributed by atoms with Crippen molar-refractivity contribution in [3.63, 3.8) is 0 Å². The Labute approximate surface area is 121 Å². The summed E-state index contributed by atoms with van der Waals surface area (Å²) in [5.41, 5.74) is 0.890. The summed E-state index contributed by atoms with van der Waals surface area (Å²) < 4.78 is 6.08. The van der Waals surface area contributed by atoms with E-state index in [9.17, 15) is 0 Å². The molecule has 3 atom stereocenters. The van der Waals surface area contributed by atoms with Crippen LogP contribution in [0.5, 0.6) is 0 Å². The molecule has 0 aromatic rings. The summed E-state index contributed by atoms with van der Waals surface area (Å²) in [6.45, 7) is 17.5. The van der Waals surface area contributed by atoms with Crippen LogP contribution in [0.25, 0.3) is 0 Å². The Bertz CT molecular complexity index is 267. The molecule has 0 N–H and O–H groups in total. The summed E-state index contributed by atoms with van der Waals surface area (Å²) in [6.07, 6.45) is 6.99. The molecule has 1 rings (SSSR count). The first kappa shape index (κ1) is 17.0. The van der Waals surface area contributed by atoms with Gasteiger partial charge in [-0.05, 0) is 48.9 Å². The number of rotatable bonds is 6.